The number of carbonyl (C=O) groups excluding carboxylic acids is 1. The summed E-state index contributed by atoms with van der Waals surface area (Å²) in [5.74, 6) is -0.359. The smallest absolute Gasteiger partial charge is 0.309 e. The number of nitrogens with zero attached hydrogens (tertiary/aromatic N) is 1. The lowest BCUT2D eigenvalue weighted by molar-refractivity contribution is 0.100. The van der Waals surface area contributed by atoms with Crippen LogP contribution in [0.25, 0.3) is 0 Å². The van der Waals surface area contributed by atoms with Gasteiger partial charge in [-0.15, -0.1) is 0 Å². The van der Waals surface area contributed by atoms with Crippen molar-refractivity contribution in [1.29, 1.82) is 5.26 Å². The molecule has 0 fully saturated rings. The second-order valence-electron chi connectivity index (χ2n) is 3.72. The van der Waals surface area contributed by atoms with E-state index in [4.69, 9.17) is 14.3 Å². The summed E-state index contributed by atoms with van der Waals surface area (Å²) in [6, 6.07) is 8.20. The second-order valence-corrected chi connectivity index (χ2v) is 5.77. The third kappa shape index (κ3) is 4.60. The third-order valence-corrected chi connectivity index (χ3v) is 4.28. The Morgan fingerprint density at radius 1 is 1.32 bits per heavy atom. The molecule has 0 spiro atoms. The Hall–Kier alpha value is -1.47. The minimum Gasteiger partial charge on any atom is -0.309 e. The zero-order valence-electron chi connectivity index (χ0n) is 11.0. The molecule has 0 bridgehead atoms. The van der Waals surface area contributed by atoms with E-state index in [-0.39, 0.29) is 25.2 Å². The largest absolute Gasteiger partial charge is 0.338 e. The van der Waals surface area contributed by atoms with Gasteiger partial charge < -0.3 is 9.05 Å². The molecule has 0 atom stereocenters. The van der Waals surface area contributed by atoms with Crippen molar-refractivity contribution in [1.82, 2.24) is 0 Å². The van der Waals surface area contributed by atoms with Crippen LogP contribution in [0.2, 0.25) is 0 Å². The normalized spacial score (nSPS) is 11.0. The van der Waals surface area contributed by atoms with Gasteiger partial charge in [0, 0.05) is 5.56 Å². The Bertz CT molecular complexity index is 526. The lowest BCUT2D eigenvalue weighted by Gasteiger charge is -2.16. The molecule has 0 aliphatic heterocycles. The van der Waals surface area contributed by atoms with Crippen molar-refractivity contribution < 1.29 is 18.4 Å². The third-order valence-electron chi connectivity index (χ3n) is 2.30. The molecule has 102 valence electrons. The first-order valence-corrected chi connectivity index (χ1v) is 7.69. The Morgan fingerprint density at radius 2 is 1.95 bits per heavy atom. The van der Waals surface area contributed by atoms with Crippen molar-refractivity contribution in [3.05, 3.63) is 35.4 Å². The SMILES string of the molecule is CCOP(=O)(CC(=O)c1cccc(C#N)c1)OCC. The van der Waals surface area contributed by atoms with E-state index >= 15 is 0 Å². The van der Waals surface area contributed by atoms with Gasteiger partial charge in [-0.2, -0.15) is 5.26 Å². The van der Waals surface area contributed by atoms with Crippen molar-refractivity contribution >= 4 is 13.4 Å². The molecule has 1 rings (SSSR count). The van der Waals surface area contributed by atoms with Crippen LogP contribution in [0.5, 0.6) is 0 Å². The van der Waals surface area contributed by atoms with Crippen LogP contribution in [-0.4, -0.2) is 25.2 Å². The van der Waals surface area contributed by atoms with Gasteiger partial charge in [0.15, 0.2) is 5.78 Å². The maximum atomic E-state index is 12.2. The van der Waals surface area contributed by atoms with Gasteiger partial charge in [0.2, 0.25) is 0 Å². The van der Waals surface area contributed by atoms with Gasteiger partial charge in [-0.05, 0) is 26.0 Å². The number of benzene rings is 1. The molecule has 6 heteroatoms. The molecule has 0 unspecified atom stereocenters. The topological polar surface area (TPSA) is 76.4 Å². The molecule has 0 saturated heterocycles. The Kier molecular flexibility index (Phi) is 5.91. The maximum Gasteiger partial charge on any atom is 0.338 e. The Balaban J connectivity index is 2.88. The van der Waals surface area contributed by atoms with Crippen LogP contribution in [-0.2, 0) is 13.6 Å². The van der Waals surface area contributed by atoms with Crippen molar-refractivity contribution in [3.63, 3.8) is 0 Å². The number of hydrogen-bond acceptors (Lipinski definition) is 5. The summed E-state index contributed by atoms with van der Waals surface area (Å²) in [6.45, 7) is 3.80. The first-order chi connectivity index (χ1) is 9.04. The van der Waals surface area contributed by atoms with Crippen molar-refractivity contribution in [2.75, 3.05) is 19.4 Å². The number of hydrogen-bond donors (Lipinski definition) is 0. The standard InChI is InChI=1S/C13H16NO4P/c1-3-17-19(16,18-4-2)10-13(15)12-7-5-6-11(8-12)9-14/h5-8H,3-4,10H2,1-2H3. The Labute approximate surface area is 112 Å². The number of rotatable bonds is 7. The molecule has 1 aromatic rings. The Morgan fingerprint density at radius 3 is 2.47 bits per heavy atom. The highest BCUT2D eigenvalue weighted by molar-refractivity contribution is 7.54. The van der Waals surface area contributed by atoms with Gasteiger partial charge in [0.1, 0.15) is 6.16 Å². The zero-order chi connectivity index (χ0) is 14.3. The van der Waals surface area contributed by atoms with Crippen molar-refractivity contribution in [3.8, 4) is 6.07 Å². The van der Waals surface area contributed by atoms with Crippen molar-refractivity contribution in [2.24, 2.45) is 0 Å². The fourth-order valence-corrected chi connectivity index (χ4v) is 3.13. The highest BCUT2D eigenvalue weighted by Gasteiger charge is 2.28. The minimum absolute atomic E-state index is 0.211. The molecule has 0 saturated carbocycles. The van der Waals surface area contributed by atoms with Gasteiger partial charge in [-0.1, -0.05) is 12.1 Å². The molecule has 1 aromatic carbocycles. The van der Waals surface area contributed by atoms with Crippen LogP contribution >= 0.6 is 7.60 Å². The van der Waals surface area contributed by atoms with Crippen LogP contribution in [0.3, 0.4) is 0 Å². The maximum absolute atomic E-state index is 12.2. The second kappa shape index (κ2) is 7.20. The van der Waals surface area contributed by atoms with Crippen LogP contribution in [0.1, 0.15) is 29.8 Å². The van der Waals surface area contributed by atoms with E-state index in [0.29, 0.717) is 11.1 Å². The summed E-state index contributed by atoms with van der Waals surface area (Å²) in [5, 5.41) is 8.78. The monoisotopic (exact) mass is 281 g/mol. The summed E-state index contributed by atoms with van der Waals surface area (Å²) in [6.07, 6.45) is -0.316. The van der Waals surface area contributed by atoms with Gasteiger partial charge in [0.25, 0.3) is 0 Å². The average Bonchev–Trinajstić information content (AvgIpc) is 2.39. The van der Waals surface area contributed by atoms with Gasteiger partial charge in [0.05, 0.1) is 24.8 Å². The molecule has 0 heterocycles. The molecule has 0 aliphatic carbocycles. The lowest BCUT2D eigenvalue weighted by Crippen LogP contribution is -2.10. The van der Waals surface area contributed by atoms with Crippen LogP contribution in [0.4, 0.5) is 0 Å². The molecule has 19 heavy (non-hydrogen) atoms. The quantitative estimate of drug-likeness (QED) is 0.567. The van der Waals surface area contributed by atoms with Gasteiger partial charge in [-0.3, -0.25) is 9.36 Å². The minimum atomic E-state index is -3.40. The summed E-state index contributed by atoms with van der Waals surface area (Å²) < 4.78 is 22.4. The van der Waals surface area contributed by atoms with Gasteiger partial charge in [-0.25, -0.2) is 0 Å². The van der Waals surface area contributed by atoms with E-state index in [1.807, 2.05) is 6.07 Å². The molecule has 0 aliphatic rings. The first kappa shape index (κ1) is 15.6. The molecule has 5 nitrogen and oxygen atoms in total. The number of nitriles is 1. The van der Waals surface area contributed by atoms with Crippen LogP contribution < -0.4 is 0 Å². The molecule has 0 aromatic heterocycles. The average molecular weight is 281 g/mol. The fraction of sp³-hybridized carbons (Fsp3) is 0.385. The van der Waals surface area contributed by atoms with Gasteiger partial charge >= 0.3 is 7.60 Å². The highest BCUT2D eigenvalue weighted by atomic mass is 31.2. The molecular weight excluding hydrogens is 265 g/mol. The van der Waals surface area contributed by atoms with Crippen LogP contribution in [0.15, 0.2) is 24.3 Å². The zero-order valence-corrected chi connectivity index (χ0v) is 11.9. The molecular formula is C13H16NO4P. The predicted molar refractivity (Wildman–Crippen MR) is 71.2 cm³/mol. The van der Waals surface area contributed by atoms with E-state index in [2.05, 4.69) is 0 Å². The van der Waals surface area contributed by atoms with E-state index in [1.54, 1.807) is 32.0 Å². The van der Waals surface area contributed by atoms with Crippen LogP contribution in [0, 0.1) is 11.3 Å². The van der Waals surface area contributed by atoms with E-state index in [9.17, 15) is 9.36 Å². The van der Waals surface area contributed by atoms with E-state index < -0.39 is 7.60 Å². The fourth-order valence-electron chi connectivity index (χ4n) is 1.55. The first-order valence-electron chi connectivity index (χ1n) is 5.96. The molecule has 0 radical (unpaired) electrons. The summed E-state index contributed by atoms with van der Waals surface area (Å²) in [5.41, 5.74) is 0.715. The number of ketones is 1. The summed E-state index contributed by atoms with van der Waals surface area (Å²) in [7, 11) is -3.40. The molecule has 0 amide bonds. The van der Waals surface area contributed by atoms with E-state index in [1.165, 1.54) is 6.07 Å². The summed E-state index contributed by atoms with van der Waals surface area (Å²) in [4.78, 5) is 12.0. The number of carbonyl (C=O) groups is 1. The summed E-state index contributed by atoms with van der Waals surface area (Å²) >= 11 is 0. The highest BCUT2D eigenvalue weighted by Crippen LogP contribution is 2.48. The number of Topliss-reactive ketones (excluding diaryl/α,β-unsaturated/α-hetero) is 1. The predicted octanol–water partition coefficient (Wildman–Crippen LogP) is 3.01. The molecule has 0 N–H and O–H groups in total. The van der Waals surface area contributed by atoms with E-state index in [0.717, 1.165) is 0 Å². The van der Waals surface area contributed by atoms with Crippen molar-refractivity contribution in [2.45, 2.75) is 13.8 Å². The lowest BCUT2D eigenvalue weighted by atomic mass is 10.1.